The molecule has 2 rings (SSSR count). The molecule has 1 fully saturated rings. The molecule has 98 valence electrons. The van der Waals surface area contributed by atoms with Crippen molar-refractivity contribution in [1.82, 2.24) is 9.80 Å². The number of anilines is 1. The Morgan fingerprint density at radius 1 is 1.33 bits per heavy atom. The lowest BCUT2D eigenvalue weighted by Gasteiger charge is -2.34. The fraction of sp³-hybridized carbons (Fsp3) is 0.462. The van der Waals surface area contributed by atoms with Crippen LogP contribution in [0.15, 0.2) is 18.2 Å². The normalized spacial score (nSPS) is 16.9. The number of nitrogens with two attached hydrogens (primary N) is 1. The molecule has 1 heterocycles. The van der Waals surface area contributed by atoms with E-state index in [1.165, 1.54) is 18.2 Å². The first-order chi connectivity index (χ1) is 8.61. The van der Waals surface area contributed by atoms with Gasteiger partial charge in [0.15, 0.2) is 0 Å². The van der Waals surface area contributed by atoms with Gasteiger partial charge in [-0.1, -0.05) is 6.92 Å². The zero-order valence-corrected chi connectivity index (χ0v) is 10.5. The molecule has 2 N–H and O–H groups in total. The van der Waals surface area contributed by atoms with Gasteiger partial charge < -0.3 is 15.5 Å². The van der Waals surface area contributed by atoms with Gasteiger partial charge in [0.25, 0.3) is 5.91 Å². The van der Waals surface area contributed by atoms with Crippen LogP contribution in [0.25, 0.3) is 0 Å². The van der Waals surface area contributed by atoms with Crippen LogP contribution in [0.2, 0.25) is 0 Å². The van der Waals surface area contributed by atoms with Crippen LogP contribution in [0.3, 0.4) is 0 Å². The van der Waals surface area contributed by atoms with Crippen molar-refractivity contribution in [2.45, 2.75) is 6.92 Å². The molecular formula is C13H18FN3O. The van der Waals surface area contributed by atoms with E-state index in [0.29, 0.717) is 18.7 Å². The molecule has 1 aliphatic rings. The largest absolute Gasteiger partial charge is 0.396 e. The lowest BCUT2D eigenvalue weighted by molar-refractivity contribution is 0.0643. The second-order valence-electron chi connectivity index (χ2n) is 4.46. The minimum atomic E-state index is -0.484. The van der Waals surface area contributed by atoms with E-state index in [9.17, 15) is 9.18 Å². The quantitative estimate of drug-likeness (QED) is 0.803. The monoisotopic (exact) mass is 251 g/mol. The number of likely N-dealkylation sites (N-methyl/N-ethyl adjacent to an activating group) is 1. The number of amides is 1. The Hall–Kier alpha value is -1.62. The highest BCUT2D eigenvalue weighted by Crippen LogP contribution is 2.15. The van der Waals surface area contributed by atoms with Gasteiger partial charge in [-0.05, 0) is 24.7 Å². The average molecular weight is 251 g/mol. The minimum absolute atomic E-state index is 0.0213. The maximum atomic E-state index is 13.0. The Balaban J connectivity index is 2.05. The molecule has 0 saturated carbocycles. The molecule has 1 amide bonds. The Morgan fingerprint density at radius 2 is 2.00 bits per heavy atom. The van der Waals surface area contributed by atoms with Crippen molar-refractivity contribution in [1.29, 1.82) is 0 Å². The van der Waals surface area contributed by atoms with Crippen LogP contribution < -0.4 is 5.73 Å². The van der Waals surface area contributed by atoms with Gasteiger partial charge in [-0.3, -0.25) is 4.79 Å². The van der Waals surface area contributed by atoms with E-state index in [4.69, 9.17) is 5.73 Å². The fourth-order valence-corrected chi connectivity index (χ4v) is 2.13. The molecule has 4 nitrogen and oxygen atoms in total. The summed E-state index contributed by atoms with van der Waals surface area (Å²) in [7, 11) is 0. The summed E-state index contributed by atoms with van der Waals surface area (Å²) in [6.07, 6.45) is 0. The van der Waals surface area contributed by atoms with Crippen LogP contribution in [0, 0.1) is 5.82 Å². The van der Waals surface area contributed by atoms with Crippen LogP contribution in [-0.4, -0.2) is 48.4 Å². The molecule has 0 unspecified atom stereocenters. The van der Waals surface area contributed by atoms with Crippen molar-refractivity contribution in [3.63, 3.8) is 0 Å². The highest BCUT2D eigenvalue weighted by atomic mass is 19.1. The van der Waals surface area contributed by atoms with E-state index in [-0.39, 0.29) is 11.6 Å². The van der Waals surface area contributed by atoms with Crippen molar-refractivity contribution in [2.24, 2.45) is 0 Å². The second kappa shape index (κ2) is 5.35. The van der Waals surface area contributed by atoms with Gasteiger partial charge in [0.05, 0.1) is 5.69 Å². The van der Waals surface area contributed by atoms with E-state index in [0.717, 1.165) is 19.6 Å². The van der Waals surface area contributed by atoms with Crippen molar-refractivity contribution in [3.05, 3.63) is 29.6 Å². The first-order valence-electron chi connectivity index (χ1n) is 6.18. The van der Waals surface area contributed by atoms with Gasteiger partial charge in [0.1, 0.15) is 5.82 Å². The highest BCUT2D eigenvalue weighted by Gasteiger charge is 2.21. The Kier molecular flexibility index (Phi) is 3.81. The van der Waals surface area contributed by atoms with Crippen molar-refractivity contribution in [2.75, 3.05) is 38.5 Å². The lowest BCUT2D eigenvalue weighted by atomic mass is 10.1. The maximum Gasteiger partial charge on any atom is 0.254 e. The SMILES string of the molecule is CCN1CCN(C(=O)c2ccc(F)c(N)c2)CC1. The maximum absolute atomic E-state index is 13.0. The number of carbonyl (C=O) groups excluding carboxylic acids is 1. The zero-order valence-electron chi connectivity index (χ0n) is 10.5. The van der Waals surface area contributed by atoms with Crippen LogP contribution >= 0.6 is 0 Å². The zero-order chi connectivity index (χ0) is 13.1. The molecule has 0 radical (unpaired) electrons. The summed E-state index contributed by atoms with van der Waals surface area (Å²) in [6.45, 7) is 6.31. The smallest absolute Gasteiger partial charge is 0.254 e. The highest BCUT2D eigenvalue weighted by molar-refractivity contribution is 5.95. The Labute approximate surface area is 106 Å². The van der Waals surface area contributed by atoms with E-state index in [1.807, 2.05) is 0 Å². The third-order valence-corrected chi connectivity index (χ3v) is 3.35. The average Bonchev–Trinajstić information content (AvgIpc) is 2.41. The molecule has 1 aromatic carbocycles. The first-order valence-corrected chi connectivity index (χ1v) is 6.18. The van der Waals surface area contributed by atoms with Crippen molar-refractivity contribution in [3.8, 4) is 0 Å². The van der Waals surface area contributed by atoms with Gasteiger partial charge in [0, 0.05) is 31.7 Å². The van der Waals surface area contributed by atoms with E-state index in [1.54, 1.807) is 4.90 Å². The predicted octanol–water partition coefficient (Wildman–Crippen LogP) is 1.19. The number of benzene rings is 1. The molecule has 1 aromatic rings. The molecular weight excluding hydrogens is 233 g/mol. The predicted molar refractivity (Wildman–Crippen MR) is 68.8 cm³/mol. The Bertz CT molecular complexity index is 442. The summed E-state index contributed by atoms with van der Waals surface area (Å²) in [5.41, 5.74) is 5.96. The van der Waals surface area contributed by atoms with E-state index < -0.39 is 5.82 Å². The molecule has 1 saturated heterocycles. The van der Waals surface area contributed by atoms with E-state index >= 15 is 0 Å². The van der Waals surface area contributed by atoms with Gasteiger partial charge in [0.2, 0.25) is 0 Å². The third kappa shape index (κ3) is 2.61. The number of rotatable bonds is 2. The van der Waals surface area contributed by atoms with Gasteiger partial charge in [-0.25, -0.2) is 4.39 Å². The van der Waals surface area contributed by atoms with Gasteiger partial charge >= 0.3 is 0 Å². The molecule has 0 atom stereocenters. The number of nitrogen functional groups attached to an aromatic ring is 1. The van der Waals surface area contributed by atoms with Gasteiger partial charge in [-0.2, -0.15) is 0 Å². The molecule has 0 aromatic heterocycles. The summed E-state index contributed by atoms with van der Waals surface area (Å²) in [4.78, 5) is 16.3. The summed E-state index contributed by atoms with van der Waals surface area (Å²) in [6, 6.07) is 4.13. The minimum Gasteiger partial charge on any atom is -0.396 e. The molecule has 1 aliphatic heterocycles. The van der Waals surface area contributed by atoms with E-state index in [2.05, 4.69) is 11.8 Å². The molecule has 0 aliphatic carbocycles. The number of hydrogen-bond donors (Lipinski definition) is 1. The topological polar surface area (TPSA) is 49.6 Å². The molecule has 5 heteroatoms. The number of carbonyl (C=O) groups is 1. The summed E-state index contributed by atoms with van der Waals surface area (Å²) >= 11 is 0. The second-order valence-corrected chi connectivity index (χ2v) is 4.46. The standard InChI is InChI=1S/C13H18FN3O/c1-2-16-5-7-17(8-6-16)13(18)10-3-4-11(14)12(15)9-10/h3-4,9H,2,5-8,15H2,1H3. The number of hydrogen-bond acceptors (Lipinski definition) is 3. The van der Waals surface area contributed by atoms with Crippen LogP contribution in [0.5, 0.6) is 0 Å². The molecule has 0 bridgehead atoms. The van der Waals surface area contributed by atoms with Crippen LogP contribution in [0.4, 0.5) is 10.1 Å². The number of halogens is 1. The van der Waals surface area contributed by atoms with Crippen LogP contribution in [0.1, 0.15) is 17.3 Å². The number of nitrogens with zero attached hydrogens (tertiary/aromatic N) is 2. The summed E-state index contributed by atoms with van der Waals surface area (Å²) in [5.74, 6) is -0.556. The Morgan fingerprint density at radius 3 is 2.56 bits per heavy atom. The number of piperazine rings is 1. The molecule has 18 heavy (non-hydrogen) atoms. The summed E-state index contributed by atoms with van der Waals surface area (Å²) in [5, 5.41) is 0. The summed E-state index contributed by atoms with van der Waals surface area (Å²) < 4.78 is 13.0. The third-order valence-electron chi connectivity index (χ3n) is 3.35. The fourth-order valence-electron chi connectivity index (χ4n) is 2.13. The lowest BCUT2D eigenvalue weighted by Crippen LogP contribution is -2.48. The molecule has 0 spiro atoms. The first kappa shape index (κ1) is 12.8. The van der Waals surface area contributed by atoms with Crippen LogP contribution in [-0.2, 0) is 0 Å². The van der Waals surface area contributed by atoms with Crippen molar-refractivity contribution >= 4 is 11.6 Å². The van der Waals surface area contributed by atoms with Crippen molar-refractivity contribution < 1.29 is 9.18 Å². The van der Waals surface area contributed by atoms with Gasteiger partial charge in [-0.15, -0.1) is 0 Å².